The number of para-hydroxylation sites is 1. The molecule has 0 radical (unpaired) electrons. The van der Waals surface area contributed by atoms with Crippen LogP contribution < -0.4 is 5.43 Å². The highest BCUT2D eigenvalue weighted by molar-refractivity contribution is 5.95. The third-order valence-corrected chi connectivity index (χ3v) is 4.81. The topological polar surface area (TPSA) is 116 Å². The van der Waals surface area contributed by atoms with Gasteiger partial charge in [0.15, 0.2) is 0 Å². The summed E-state index contributed by atoms with van der Waals surface area (Å²) >= 11 is 0. The van der Waals surface area contributed by atoms with Gasteiger partial charge in [0.2, 0.25) is 0 Å². The molecule has 160 valence electrons. The van der Waals surface area contributed by atoms with Gasteiger partial charge in [-0.1, -0.05) is 18.2 Å². The Morgan fingerprint density at radius 2 is 1.76 bits per heavy atom. The van der Waals surface area contributed by atoms with E-state index in [-0.39, 0.29) is 5.91 Å². The average molecular weight is 435 g/mol. The van der Waals surface area contributed by atoms with E-state index in [9.17, 15) is 4.79 Å². The highest BCUT2D eigenvalue weighted by atomic mass is 16.2. The Morgan fingerprint density at radius 3 is 2.48 bits per heavy atom. The first-order chi connectivity index (χ1) is 16.3. The summed E-state index contributed by atoms with van der Waals surface area (Å²) in [5.41, 5.74) is 6.96. The minimum Gasteiger partial charge on any atom is -0.267 e. The van der Waals surface area contributed by atoms with Crippen molar-refractivity contribution in [3.63, 3.8) is 0 Å². The van der Waals surface area contributed by atoms with Crippen molar-refractivity contribution in [1.29, 1.82) is 0 Å². The summed E-state index contributed by atoms with van der Waals surface area (Å²) in [4.78, 5) is 16.7. The first-order valence-corrected chi connectivity index (χ1v) is 10.0. The second kappa shape index (κ2) is 9.02. The standard InChI is InChI=1S/C23H17N9O/c33-23(17-8-10-21(11-9-17)32-16-26-29-30-32)27-25-14-19-15-31(20-6-2-1-3-7-20)28-22(19)18-5-4-12-24-13-18/h1-16H,(H,27,33)/b25-14+. The number of carbonyl (C=O) groups excluding carboxylic acids is 1. The third-order valence-electron chi connectivity index (χ3n) is 4.81. The number of pyridine rings is 1. The summed E-state index contributed by atoms with van der Waals surface area (Å²) in [7, 11) is 0. The Bertz CT molecular complexity index is 1380. The molecule has 10 nitrogen and oxygen atoms in total. The van der Waals surface area contributed by atoms with Gasteiger partial charge in [0.1, 0.15) is 12.0 Å². The predicted octanol–water partition coefficient (Wildman–Crippen LogP) is 2.67. The van der Waals surface area contributed by atoms with Gasteiger partial charge in [0, 0.05) is 35.3 Å². The van der Waals surface area contributed by atoms with Crippen LogP contribution in [-0.4, -0.2) is 47.1 Å². The molecule has 10 heteroatoms. The van der Waals surface area contributed by atoms with E-state index in [1.807, 2.05) is 48.7 Å². The lowest BCUT2D eigenvalue weighted by Gasteiger charge is -2.02. The van der Waals surface area contributed by atoms with Crippen LogP contribution in [0.25, 0.3) is 22.6 Å². The van der Waals surface area contributed by atoms with E-state index in [0.717, 1.165) is 22.5 Å². The number of benzene rings is 2. The average Bonchev–Trinajstić information content (AvgIpc) is 3.56. The molecule has 1 N–H and O–H groups in total. The number of hydrazone groups is 1. The van der Waals surface area contributed by atoms with Crippen LogP contribution in [0.1, 0.15) is 15.9 Å². The molecule has 0 aliphatic rings. The van der Waals surface area contributed by atoms with Gasteiger partial charge in [-0.3, -0.25) is 9.78 Å². The second-order valence-corrected chi connectivity index (χ2v) is 6.96. The zero-order valence-electron chi connectivity index (χ0n) is 17.2. The molecule has 0 spiro atoms. The van der Waals surface area contributed by atoms with Crippen molar-refractivity contribution in [2.45, 2.75) is 0 Å². The van der Waals surface area contributed by atoms with Crippen molar-refractivity contribution in [1.82, 2.24) is 40.4 Å². The van der Waals surface area contributed by atoms with E-state index < -0.39 is 0 Å². The van der Waals surface area contributed by atoms with Crippen LogP contribution in [0.3, 0.4) is 0 Å². The molecule has 0 fully saturated rings. The summed E-state index contributed by atoms with van der Waals surface area (Å²) < 4.78 is 3.27. The molecule has 0 aliphatic heterocycles. The van der Waals surface area contributed by atoms with Gasteiger partial charge >= 0.3 is 0 Å². The van der Waals surface area contributed by atoms with Crippen LogP contribution in [0.4, 0.5) is 0 Å². The number of rotatable bonds is 6. The zero-order chi connectivity index (χ0) is 22.5. The van der Waals surface area contributed by atoms with Crippen LogP contribution in [0.2, 0.25) is 0 Å². The maximum Gasteiger partial charge on any atom is 0.271 e. The molecule has 1 amide bonds. The van der Waals surface area contributed by atoms with Crippen LogP contribution >= 0.6 is 0 Å². The van der Waals surface area contributed by atoms with E-state index in [1.165, 1.54) is 11.0 Å². The molecule has 3 aromatic heterocycles. The molecule has 0 saturated heterocycles. The summed E-state index contributed by atoms with van der Waals surface area (Å²) in [5.74, 6) is -0.340. The minimum atomic E-state index is -0.340. The lowest BCUT2D eigenvalue weighted by Crippen LogP contribution is -2.17. The van der Waals surface area contributed by atoms with Crippen molar-refractivity contribution in [3.8, 4) is 22.6 Å². The van der Waals surface area contributed by atoms with Crippen molar-refractivity contribution in [2.24, 2.45) is 5.10 Å². The summed E-state index contributed by atoms with van der Waals surface area (Å²) in [5, 5.41) is 19.9. The van der Waals surface area contributed by atoms with Crippen LogP contribution in [0.5, 0.6) is 0 Å². The Kier molecular flexibility index (Phi) is 5.45. The van der Waals surface area contributed by atoms with Crippen LogP contribution in [0.15, 0.2) is 96.7 Å². The van der Waals surface area contributed by atoms with E-state index >= 15 is 0 Å². The van der Waals surface area contributed by atoms with Crippen molar-refractivity contribution in [2.75, 3.05) is 0 Å². The number of aromatic nitrogens is 7. The van der Waals surface area contributed by atoms with Crippen molar-refractivity contribution >= 4 is 12.1 Å². The van der Waals surface area contributed by atoms with Gasteiger partial charge in [-0.2, -0.15) is 10.2 Å². The molecular formula is C23H17N9O. The van der Waals surface area contributed by atoms with E-state index in [4.69, 9.17) is 5.10 Å². The monoisotopic (exact) mass is 435 g/mol. The van der Waals surface area contributed by atoms with E-state index in [0.29, 0.717) is 11.3 Å². The van der Waals surface area contributed by atoms with E-state index in [2.05, 4.69) is 31.0 Å². The van der Waals surface area contributed by atoms with Crippen LogP contribution in [0, 0.1) is 0 Å². The number of hydrogen-bond acceptors (Lipinski definition) is 7. The summed E-state index contributed by atoms with van der Waals surface area (Å²) in [6.07, 6.45) is 8.35. The van der Waals surface area contributed by atoms with Crippen molar-refractivity contribution < 1.29 is 4.79 Å². The number of tetrazole rings is 1. The van der Waals surface area contributed by atoms with Crippen molar-refractivity contribution in [3.05, 3.63) is 103 Å². The molecule has 33 heavy (non-hydrogen) atoms. The normalized spacial score (nSPS) is 11.0. The maximum atomic E-state index is 12.5. The highest BCUT2D eigenvalue weighted by Gasteiger charge is 2.12. The predicted molar refractivity (Wildman–Crippen MR) is 121 cm³/mol. The molecule has 5 rings (SSSR count). The molecule has 3 heterocycles. The Morgan fingerprint density at radius 1 is 0.939 bits per heavy atom. The molecule has 0 unspecified atom stereocenters. The van der Waals surface area contributed by atoms with Gasteiger partial charge in [-0.05, 0) is 59.0 Å². The molecule has 0 bridgehead atoms. The van der Waals surface area contributed by atoms with Gasteiger partial charge in [0.05, 0.1) is 17.6 Å². The zero-order valence-corrected chi connectivity index (χ0v) is 17.2. The van der Waals surface area contributed by atoms with Gasteiger partial charge in [-0.15, -0.1) is 5.10 Å². The minimum absolute atomic E-state index is 0.340. The summed E-state index contributed by atoms with van der Waals surface area (Å²) in [6, 6.07) is 20.4. The Labute approximate surface area is 188 Å². The fraction of sp³-hybridized carbons (Fsp3) is 0. The molecule has 0 aliphatic carbocycles. The first-order valence-electron chi connectivity index (χ1n) is 10.0. The van der Waals surface area contributed by atoms with E-state index in [1.54, 1.807) is 47.6 Å². The quantitative estimate of drug-likeness (QED) is 0.324. The Balaban J connectivity index is 1.36. The lowest BCUT2D eigenvalue weighted by molar-refractivity contribution is 0.0955. The van der Waals surface area contributed by atoms with Crippen LogP contribution in [-0.2, 0) is 0 Å². The number of carbonyl (C=O) groups is 1. The molecule has 5 aromatic rings. The SMILES string of the molecule is O=C(N/N=C/c1cn(-c2ccccc2)nc1-c1cccnc1)c1ccc(-n2cnnn2)cc1. The molecular weight excluding hydrogens is 418 g/mol. The first kappa shape index (κ1) is 19.9. The van der Waals surface area contributed by atoms with Gasteiger partial charge in [0.25, 0.3) is 5.91 Å². The molecule has 0 atom stereocenters. The Hall–Kier alpha value is -4.99. The second-order valence-electron chi connectivity index (χ2n) is 6.96. The fourth-order valence-corrected chi connectivity index (χ4v) is 3.19. The third kappa shape index (κ3) is 4.39. The van der Waals surface area contributed by atoms with Gasteiger partial charge < -0.3 is 0 Å². The smallest absolute Gasteiger partial charge is 0.267 e. The maximum absolute atomic E-state index is 12.5. The molecule has 2 aromatic carbocycles. The highest BCUT2D eigenvalue weighted by Crippen LogP contribution is 2.21. The number of hydrogen-bond donors (Lipinski definition) is 1. The number of amides is 1. The largest absolute Gasteiger partial charge is 0.271 e. The lowest BCUT2D eigenvalue weighted by atomic mass is 10.1. The fourth-order valence-electron chi connectivity index (χ4n) is 3.19. The number of nitrogens with zero attached hydrogens (tertiary/aromatic N) is 8. The number of nitrogens with one attached hydrogen (secondary N) is 1. The molecule has 0 saturated carbocycles. The van der Waals surface area contributed by atoms with Gasteiger partial charge in [-0.25, -0.2) is 14.8 Å². The summed E-state index contributed by atoms with van der Waals surface area (Å²) in [6.45, 7) is 0.